The van der Waals surface area contributed by atoms with Crippen LogP contribution in [-0.2, 0) is 4.79 Å². The predicted molar refractivity (Wildman–Crippen MR) is 91.4 cm³/mol. The number of hydrogen-bond acceptors (Lipinski definition) is 3. The van der Waals surface area contributed by atoms with Crippen LogP contribution in [0.15, 0.2) is 24.3 Å². The number of likely N-dealkylation sites (tertiary alicyclic amines) is 1. The van der Waals surface area contributed by atoms with Gasteiger partial charge in [0.2, 0.25) is 5.91 Å². The van der Waals surface area contributed by atoms with Gasteiger partial charge < -0.3 is 15.5 Å². The standard InChI is InChI=1S/C18H23F4N3O2/c1-12(23)10-16(26)24-8-6-13(7-9-24)25(11-18(20,21)22)17(27)14-4-2-3-5-15(14)19/h2-5,12-13H,6-11,23H2,1H3. The van der Waals surface area contributed by atoms with Crippen molar-refractivity contribution < 1.29 is 27.2 Å². The van der Waals surface area contributed by atoms with Crippen LogP contribution in [0.4, 0.5) is 17.6 Å². The summed E-state index contributed by atoms with van der Waals surface area (Å²) in [6, 6.07) is 3.94. The van der Waals surface area contributed by atoms with Crippen molar-refractivity contribution in [1.82, 2.24) is 9.80 Å². The highest BCUT2D eigenvalue weighted by molar-refractivity contribution is 5.94. The Morgan fingerprint density at radius 1 is 1.26 bits per heavy atom. The molecule has 150 valence electrons. The first-order valence-electron chi connectivity index (χ1n) is 8.74. The molecule has 9 heteroatoms. The monoisotopic (exact) mass is 389 g/mol. The average Bonchev–Trinajstić information content (AvgIpc) is 2.58. The normalized spacial score (nSPS) is 16.9. The van der Waals surface area contributed by atoms with Crippen molar-refractivity contribution in [2.45, 2.75) is 44.4 Å². The zero-order valence-electron chi connectivity index (χ0n) is 15.0. The summed E-state index contributed by atoms with van der Waals surface area (Å²) >= 11 is 0. The molecule has 1 fully saturated rings. The molecule has 0 aromatic heterocycles. The van der Waals surface area contributed by atoms with Gasteiger partial charge in [-0.3, -0.25) is 9.59 Å². The fraction of sp³-hybridized carbons (Fsp3) is 0.556. The van der Waals surface area contributed by atoms with Gasteiger partial charge in [0.1, 0.15) is 12.4 Å². The van der Waals surface area contributed by atoms with Crippen LogP contribution in [0.3, 0.4) is 0 Å². The van der Waals surface area contributed by atoms with Gasteiger partial charge in [0.15, 0.2) is 0 Å². The number of piperidine rings is 1. The highest BCUT2D eigenvalue weighted by atomic mass is 19.4. The fourth-order valence-electron chi connectivity index (χ4n) is 3.18. The lowest BCUT2D eigenvalue weighted by Gasteiger charge is -2.39. The van der Waals surface area contributed by atoms with Gasteiger partial charge in [-0.1, -0.05) is 12.1 Å². The topological polar surface area (TPSA) is 66.6 Å². The van der Waals surface area contributed by atoms with Gasteiger partial charge >= 0.3 is 6.18 Å². The largest absolute Gasteiger partial charge is 0.406 e. The molecule has 0 saturated carbocycles. The van der Waals surface area contributed by atoms with E-state index < -0.39 is 36.1 Å². The molecule has 1 aliphatic heterocycles. The molecule has 1 atom stereocenters. The smallest absolute Gasteiger partial charge is 0.342 e. The third-order valence-electron chi connectivity index (χ3n) is 4.47. The SMILES string of the molecule is CC(N)CC(=O)N1CCC(N(CC(F)(F)F)C(=O)c2ccccc2F)CC1. The van der Waals surface area contributed by atoms with E-state index in [1.54, 1.807) is 11.8 Å². The van der Waals surface area contributed by atoms with Crippen LogP contribution < -0.4 is 5.73 Å². The molecule has 1 heterocycles. The van der Waals surface area contributed by atoms with Crippen molar-refractivity contribution in [2.75, 3.05) is 19.6 Å². The molecule has 1 saturated heterocycles. The molecule has 1 aliphatic rings. The van der Waals surface area contributed by atoms with E-state index in [2.05, 4.69) is 0 Å². The first kappa shape index (κ1) is 21.1. The van der Waals surface area contributed by atoms with Crippen molar-refractivity contribution in [1.29, 1.82) is 0 Å². The average molecular weight is 389 g/mol. The maximum absolute atomic E-state index is 13.9. The van der Waals surface area contributed by atoms with Crippen LogP contribution in [-0.4, -0.2) is 59.5 Å². The lowest BCUT2D eigenvalue weighted by molar-refractivity contribution is -0.148. The van der Waals surface area contributed by atoms with Gasteiger partial charge in [-0.05, 0) is 31.9 Å². The molecule has 5 nitrogen and oxygen atoms in total. The van der Waals surface area contributed by atoms with Crippen molar-refractivity contribution in [3.05, 3.63) is 35.6 Å². The molecule has 2 amide bonds. The van der Waals surface area contributed by atoms with Crippen molar-refractivity contribution in [3.63, 3.8) is 0 Å². The molecular formula is C18H23F4N3O2. The van der Waals surface area contributed by atoms with Gasteiger partial charge in [-0.25, -0.2) is 4.39 Å². The van der Waals surface area contributed by atoms with Crippen LogP contribution >= 0.6 is 0 Å². The lowest BCUT2D eigenvalue weighted by atomic mass is 10.0. The van der Waals surface area contributed by atoms with Crippen LogP contribution in [0.2, 0.25) is 0 Å². The minimum Gasteiger partial charge on any atom is -0.342 e. The summed E-state index contributed by atoms with van der Waals surface area (Å²) in [5, 5.41) is 0. The van der Waals surface area contributed by atoms with E-state index in [9.17, 15) is 27.2 Å². The van der Waals surface area contributed by atoms with Crippen LogP contribution in [0.25, 0.3) is 0 Å². The molecule has 27 heavy (non-hydrogen) atoms. The van der Waals surface area contributed by atoms with E-state index in [1.165, 1.54) is 18.2 Å². The maximum Gasteiger partial charge on any atom is 0.406 e. The predicted octanol–water partition coefficient (Wildman–Crippen LogP) is 2.56. The van der Waals surface area contributed by atoms with Gasteiger partial charge in [-0.2, -0.15) is 13.2 Å². The van der Waals surface area contributed by atoms with E-state index in [4.69, 9.17) is 5.73 Å². The molecular weight excluding hydrogens is 366 g/mol. The number of carbonyl (C=O) groups is 2. The highest BCUT2D eigenvalue weighted by Gasteiger charge is 2.39. The zero-order chi connectivity index (χ0) is 20.2. The first-order chi connectivity index (χ1) is 12.6. The summed E-state index contributed by atoms with van der Waals surface area (Å²) < 4.78 is 53.0. The molecule has 0 radical (unpaired) electrons. The summed E-state index contributed by atoms with van der Waals surface area (Å²) in [4.78, 5) is 26.9. The molecule has 1 unspecified atom stereocenters. The summed E-state index contributed by atoms with van der Waals surface area (Å²) in [6.07, 6.45) is -4.06. The number of amides is 2. The highest BCUT2D eigenvalue weighted by Crippen LogP contribution is 2.25. The molecule has 0 bridgehead atoms. The van der Waals surface area contributed by atoms with E-state index in [1.807, 2.05) is 0 Å². The maximum atomic E-state index is 13.9. The van der Waals surface area contributed by atoms with E-state index in [0.717, 1.165) is 6.07 Å². The van der Waals surface area contributed by atoms with Crippen molar-refractivity contribution in [2.24, 2.45) is 5.73 Å². The van der Waals surface area contributed by atoms with Gasteiger partial charge in [-0.15, -0.1) is 0 Å². The Morgan fingerprint density at radius 3 is 2.37 bits per heavy atom. The Balaban J connectivity index is 2.13. The Bertz CT molecular complexity index is 671. The van der Waals surface area contributed by atoms with Crippen molar-refractivity contribution in [3.8, 4) is 0 Å². The van der Waals surface area contributed by atoms with E-state index in [-0.39, 0.29) is 44.3 Å². The number of hydrogen-bond donors (Lipinski definition) is 1. The second kappa shape index (κ2) is 8.69. The quantitative estimate of drug-likeness (QED) is 0.787. The number of carbonyl (C=O) groups excluding carboxylic acids is 2. The lowest BCUT2D eigenvalue weighted by Crippen LogP contribution is -2.51. The number of halogens is 4. The molecule has 0 spiro atoms. The summed E-state index contributed by atoms with van der Waals surface area (Å²) in [6.45, 7) is 0.700. The molecule has 1 aromatic carbocycles. The number of nitrogens with two attached hydrogens (primary N) is 1. The fourth-order valence-corrected chi connectivity index (χ4v) is 3.18. The summed E-state index contributed by atoms with van der Waals surface area (Å²) in [5.41, 5.74) is 5.21. The number of rotatable bonds is 5. The van der Waals surface area contributed by atoms with Crippen LogP contribution in [0.5, 0.6) is 0 Å². The van der Waals surface area contributed by atoms with Crippen LogP contribution in [0.1, 0.15) is 36.5 Å². The Kier molecular flexibility index (Phi) is 6.80. The Morgan fingerprint density at radius 2 is 1.85 bits per heavy atom. The first-order valence-corrected chi connectivity index (χ1v) is 8.74. The summed E-state index contributed by atoms with van der Waals surface area (Å²) in [5.74, 6) is -2.02. The van der Waals surface area contributed by atoms with Crippen LogP contribution in [0, 0.1) is 5.82 Å². The minimum atomic E-state index is -4.61. The second-order valence-electron chi connectivity index (χ2n) is 6.82. The third-order valence-corrected chi connectivity index (χ3v) is 4.47. The zero-order valence-corrected chi connectivity index (χ0v) is 15.0. The van der Waals surface area contributed by atoms with Crippen molar-refractivity contribution >= 4 is 11.8 Å². The van der Waals surface area contributed by atoms with Gasteiger partial charge in [0, 0.05) is 31.6 Å². The van der Waals surface area contributed by atoms with Gasteiger partial charge in [0.25, 0.3) is 5.91 Å². The summed E-state index contributed by atoms with van der Waals surface area (Å²) in [7, 11) is 0. The molecule has 2 rings (SSSR count). The van der Waals surface area contributed by atoms with E-state index in [0.29, 0.717) is 4.90 Å². The second-order valence-corrected chi connectivity index (χ2v) is 6.82. The van der Waals surface area contributed by atoms with E-state index >= 15 is 0 Å². The third kappa shape index (κ3) is 5.92. The number of alkyl halides is 3. The number of nitrogens with zero attached hydrogens (tertiary/aromatic N) is 2. The Hall–Kier alpha value is -2.16. The molecule has 1 aromatic rings. The Labute approximate surface area is 155 Å². The van der Waals surface area contributed by atoms with Gasteiger partial charge in [0.05, 0.1) is 5.56 Å². The minimum absolute atomic E-state index is 0.158. The molecule has 0 aliphatic carbocycles. The molecule has 2 N–H and O–H groups in total. The number of benzene rings is 1.